The zero-order valence-electron chi connectivity index (χ0n) is 17.9. The Morgan fingerprint density at radius 1 is 1.28 bits per heavy atom. The van der Waals surface area contributed by atoms with Gasteiger partial charge in [0.15, 0.2) is 10.8 Å². The van der Waals surface area contributed by atoms with E-state index in [9.17, 15) is 19.2 Å². The standard InChI is InChI=1S/C22H24N4O5S/c1-3-7-16-18(21(30)31-2)24-22(32-16)23-17(27)12-26-14-9-5-4-8-13(14)19(28)25-11-6-10-15(25)20(26)29/h4-5,8-9,15H,3,6-7,10-12H2,1-2H3,(H,23,24,27). The van der Waals surface area contributed by atoms with Crippen LogP contribution in [0.25, 0.3) is 0 Å². The lowest BCUT2D eigenvalue weighted by Crippen LogP contribution is -2.47. The number of carbonyl (C=O) groups is 4. The first-order valence-electron chi connectivity index (χ1n) is 10.5. The molecule has 1 atom stereocenters. The van der Waals surface area contributed by atoms with E-state index in [-0.39, 0.29) is 29.2 Å². The summed E-state index contributed by atoms with van der Waals surface area (Å²) >= 11 is 1.21. The number of nitrogens with one attached hydrogen (secondary N) is 1. The lowest BCUT2D eigenvalue weighted by molar-refractivity contribution is -0.124. The van der Waals surface area contributed by atoms with E-state index in [0.29, 0.717) is 30.6 Å². The molecule has 168 valence electrons. The van der Waals surface area contributed by atoms with Crippen molar-refractivity contribution in [1.82, 2.24) is 9.88 Å². The number of anilines is 2. The second kappa shape index (κ2) is 9.07. The summed E-state index contributed by atoms with van der Waals surface area (Å²) in [5.41, 5.74) is 1.02. The fourth-order valence-corrected chi connectivity index (χ4v) is 5.20. The molecule has 1 fully saturated rings. The Hall–Kier alpha value is -3.27. The van der Waals surface area contributed by atoms with Crippen molar-refractivity contribution < 1.29 is 23.9 Å². The number of amides is 3. The van der Waals surface area contributed by atoms with Crippen LogP contribution in [0.3, 0.4) is 0 Å². The molecule has 4 rings (SSSR count). The van der Waals surface area contributed by atoms with Crippen molar-refractivity contribution in [3.8, 4) is 0 Å². The highest BCUT2D eigenvalue weighted by atomic mass is 32.1. The van der Waals surface area contributed by atoms with E-state index in [0.717, 1.165) is 17.7 Å². The maximum atomic E-state index is 13.3. The Morgan fingerprint density at radius 2 is 2.06 bits per heavy atom. The number of fused-ring (bicyclic) bond motifs is 2. The molecular formula is C22H24N4O5S. The highest BCUT2D eigenvalue weighted by Crippen LogP contribution is 2.32. The van der Waals surface area contributed by atoms with E-state index >= 15 is 0 Å². The molecule has 2 aliphatic heterocycles. The zero-order chi connectivity index (χ0) is 22.8. The number of para-hydroxylation sites is 1. The quantitative estimate of drug-likeness (QED) is 0.669. The summed E-state index contributed by atoms with van der Waals surface area (Å²) in [5.74, 6) is -1.47. The van der Waals surface area contributed by atoms with Gasteiger partial charge in [-0.25, -0.2) is 9.78 Å². The van der Waals surface area contributed by atoms with Crippen LogP contribution in [0.2, 0.25) is 0 Å². The number of hydrogen-bond acceptors (Lipinski definition) is 7. The lowest BCUT2D eigenvalue weighted by Gasteiger charge is -2.25. The molecule has 0 radical (unpaired) electrons. The van der Waals surface area contributed by atoms with Crippen LogP contribution < -0.4 is 10.2 Å². The highest BCUT2D eigenvalue weighted by molar-refractivity contribution is 7.16. The van der Waals surface area contributed by atoms with Gasteiger partial charge in [0, 0.05) is 11.4 Å². The Balaban J connectivity index is 1.59. The summed E-state index contributed by atoms with van der Waals surface area (Å²) in [6.07, 6.45) is 2.77. The van der Waals surface area contributed by atoms with Crippen molar-refractivity contribution in [2.45, 2.75) is 38.6 Å². The molecule has 1 saturated heterocycles. The van der Waals surface area contributed by atoms with Crippen LogP contribution in [0, 0.1) is 0 Å². The van der Waals surface area contributed by atoms with Gasteiger partial charge in [-0.15, -0.1) is 11.3 Å². The molecule has 32 heavy (non-hydrogen) atoms. The number of methoxy groups -OCH3 is 1. The number of aromatic nitrogens is 1. The first-order valence-corrected chi connectivity index (χ1v) is 11.4. The molecule has 1 N–H and O–H groups in total. The predicted molar refractivity (Wildman–Crippen MR) is 119 cm³/mol. The fraction of sp³-hybridized carbons (Fsp3) is 0.409. The average Bonchev–Trinajstić information content (AvgIpc) is 3.42. The molecule has 3 heterocycles. The van der Waals surface area contributed by atoms with E-state index in [1.54, 1.807) is 29.2 Å². The number of hydrogen-bond donors (Lipinski definition) is 1. The molecule has 0 spiro atoms. The number of ether oxygens (including phenoxy) is 1. The van der Waals surface area contributed by atoms with Gasteiger partial charge in [0.2, 0.25) is 11.8 Å². The summed E-state index contributed by atoms with van der Waals surface area (Å²) in [4.78, 5) is 59.1. The maximum Gasteiger partial charge on any atom is 0.357 e. The monoisotopic (exact) mass is 456 g/mol. The minimum atomic E-state index is -0.565. The van der Waals surface area contributed by atoms with E-state index in [1.165, 1.54) is 23.3 Å². The molecular weight excluding hydrogens is 432 g/mol. The third kappa shape index (κ3) is 3.97. The topological polar surface area (TPSA) is 109 Å². The summed E-state index contributed by atoms with van der Waals surface area (Å²) in [6, 6.07) is 6.27. The second-order valence-corrected chi connectivity index (χ2v) is 8.76. The largest absolute Gasteiger partial charge is 0.464 e. The third-order valence-corrected chi connectivity index (χ3v) is 6.62. The molecule has 0 saturated carbocycles. The highest BCUT2D eigenvalue weighted by Gasteiger charge is 2.42. The van der Waals surface area contributed by atoms with Crippen LogP contribution in [0.4, 0.5) is 10.8 Å². The van der Waals surface area contributed by atoms with Crippen molar-refractivity contribution in [2.75, 3.05) is 30.4 Å². The molecule has 2 aromatic rings. The Labute approximate surface area is 189 Å². The summed E-state index contributed by atoms with van der Waals surface area (Å²) in [6.45, 7) is 2.25. The SMILES string of the molecule is CCCc1sc(NC(=O)CN2C(=O)C3CCCN3C(=O)c3ccccc32)nc1C(=O)OC. The van der Waals surface area contributed by atoms with Crippen molar-refractivity contribution in [3.63, 3.8) is 0 Å². The first-order chi connectivity index (χ1) is 15.4. The van der Waals surface area contributed by atoms with Gasteiger partial charge in [0.1, 0.15) is 12.6 Å². The minimum Gasteiger partial charge on any atom is -0.464 e. The van der Waals surface area contributed by atoms with E-state index < -0.39 is 17.9 Å². The van der Waals surface area contributed by atoms with Crippen LogP contribution in [0.1, 0.15) is 51.9 Å². The number of carbonyl (C=O) groups excluding carboxylic acids is 4. The smallest absolute Gasteiger partial charge is 0.357 e. The van der Waals surface area contributed by atoms with Crippen molar-refractivity contribution in [3.05, 3.63) is 40.4 Å². The number of benzene rings is 1. The summed E-state index contributed by atoms with van der Waals surface area (Å²) in [5, 5.41) is 2.97. The van der Waals surface area contributed by atoms with Gasteiger partial charge < -0.3 is 19.9 Å². The number of thiazole rings is 1. The van der Waals surface area contributed by atoms with E-state index in [1.807, 2.05) is 6.92 Å². The molecule has 1 unspecified atom stereocenters. The maximum absolute atomic E-state index is 13.3. The van der Waals surface area contributed by atoms with Crippen LogP contribution >= 0.6 is 11.3 Å². The zero-order valence-corrected chi connectivity index (χ0v) is 18.7. The molecule has 1 aromatic heterocycles. The Bertz CT molecular complexity index is 1080. The van der Waals surface area contributed by atoms with Crippen molar-refractivity contribution >= 4 is 45.8 Å². The van der Waals surface area contributed by atoms with Gasteiger partial charge in [-0.1, -0.05) is 25.5 Å². The first kappa shape index (κ1) is 21.9. The molecule has 0 aliphatic carbocycles. The normalized spacial score (nSPS) is 17.6. The second-order valence-electron chi connectivity index (χ2n) is 7.68. The number of nitrogens with zero attached hydrogens (tertiary/aromatic N) is 3. The molecule has 2 aliphatic rings. The predicted octanol–water partition coefficient (Wildman–Crippen LogP) is 2.47. The molecule has 1 aromatic carbocycles. The fourth-order valence-electron chi connectivity index (χ4n) is 4.13. The van der Waals surface area contributed by atoms with E-state index in [2.05, 4.69) is 10.3 Å². The third-order valence-electron chi connectivity index (χ3n) is 5.59. The van der Waals surface area contributed by atoms with Gasteiger partial charge in [0.25, 0.3) is 5.91 Å². The molecule has 9 nitrogen and oxygen atoms in total. The van der Waals surface area contributed by atoms with Crippen molar-refractivity contribution in [2.24, 2.45) is 0 Å². The van der Waals surface area contributed by atoms with Gasteiger partial charge in [-0.2, -0.15) is 0 Å². The summed E-state index contributed by atoms with van der Waals surface area (Å²) < 4.78 is 4.78. The van der Waals surface area contributed by atoms with Gasteiger partial charge in [0.05, 0.1) is 18.4 Å². The number of rotatable bonds is 6. The number of esters is 1. The van der Waals surface area contributed by atoms with Crippen LogP contribution in [0.15, 0.2) is 24.3 Å². The lowest BCUT2D eigenvalue weighted by atomic mass is 10.1. The van der Waals surface area contributed by atoms with Crippen LogP contribution in [-0.4, -0.2) is 59.8 Å². The van der Waals surface area contributed by atoms with Gasteiger partial charge in [-0.05, 0) is 31.4 Å². The average molecular weight is 457 g/mol. The van der Waals surface area contributed by atoms with Gasteiger partial charge in [-0.3, -0.25) is 14.4 Å². The summed E-state index contributed by atoms with van der Waals surface area (Å²) in [7, 11) is 1.28. The Morgan fingerprint density at radius 3 is 2.81 bits per heavy atom. The van der Waals surface area contributed by atoms with Crippen molar-refractivity contribution in [1.29, 1.82) is 0 Å². The molecule has 0 bridgehead atoms. The van der Waals surface area contributed by atoms with Crippen LogP contribution in [-0.2, 0) is 20.7 Å². The Kier molecular flexibility index (Phi) is 6.22. The molecule has 10 heteroatoms. The number of aryl methyl sites for hydroxylation is 1. The van der Waals surface area contributed by atoms with E-state index in [4.69, 9.17) is 4.74 Å². The minimum absolute atomic E-state index is 0.189. The van der Waals surface area contributed by atoms with Crippen LogP contribution in [0.5, 0.6) is 0 Å². The van der Waals surface area contributed by atoms with Gasteiger partial charge >= 0.3 is 5.97 Å². The molecule has 3 amide bonds.